The smallest absolute Gasteiger partial charge is 0.161 e. The summed E-state index contributed by atoms with van der Waals surface area (Å²) in [6.07, 6.45) is 2.85. The maximum Gasteiger partial charge on any atom is 0.161 e. The van der Waals surface area contributed by atoms with E-state index >= 15 is 0 Å². The molecular weight excluding hydrogens is 83.7 g/mol. The molecule has 38 valence electrons. The van der Waals surface area contributed by atoms with Gasteiger partial charge in [-0.1, -0.05) is 0 Å². The zero-order valence-electron chi connectivity index (χ0n) is 4.98. The predicted molar refractivity (Wildman–Crippen MR) is 36.5 cm³/mol. The van der Waals surface area contributed by atoms with Crippen molar-refractivity contribution in [2.75, 3.05) is 13.1 Å². The summed E-state index contributed by atoms with van der Waals surface area (Å²) < 4.78 is 0. The van der Waals surface area contributed by atoms with Crippen LogP contribution in [-0.2, 0) is 0 Å². The van der Waals surface area contributed by atoms with Crippen LogP contribution in [0.1, 0.15) is 12.8 Å². The highest BCUT2D eigenvalue weighted by Gasteiger charge is 2.07. The third-order valence-corrected chi connectivity index (χ3v) is 1.65. The van der Waals surface area contributed by atoms with Crippen LogP contribution in [0.2, 0.25) is 0 Å². The van der Waals surface area contributed by atoms with E-state index in [1.54, 1.807) is 0 Å². The summed E-state index contributed by atoms with van der Waals surface area (Å²) in [5.41, 5.74) is 0. The lowest BCUT2D eigenvalue weighted by atomic mass is 9.65. The minimum Gasteiger partial charge on any atom is -0.353 e. The van der Waals surface area contributed by atoms with Gasteiger partial charge in [-0.3, -0.25) is 0 Å². The molecule has 0 unspecified atom stereocenters. The SMILES string of the molecule is BBN1CCCC1. The van der Waals surface area contributed by atoms with Gasteiger partial charge in [0.15, 0.2) is 7.31 Å². The average Bonchev–Trinajstić information content (AvgIpc) is 2.14. The molecule has 1 aliphatic rings. The fourth-order valence-electron chi connectivity index (χ4n) is 1.10. The number of hydrogen-bond acceptors (Lipinski definition) is 1. The van der Waals surface area contributed by atoms with Crippen LogP contribution in [-0.4, -0.2) is 32.9 Å². The summed E-state index contributed by atoms with van der Waals surface area (Å²) in [7, 11) is 3.48. The first-order valence-electron chi connectivity index (χ1n) is 3.16. The Morgan fingerprint density at radius 1 is 1.29 bits per heavy atom. The largest absolute Gasteiger partial charge is 0.353 e. The standard InChI is InChI=1S/C4H11B2N/c5-6-7-3-1-2-4-7/h6H,1-5H2. The Bertz CT molecular complexity index is 51.7. The van der Waals surface area contributed by atoms with Crippen molar-refractivity contribution in [3.8, 4) is 0 Å². The lowest BCUT2D eigenvalue weighted by Crippen LogP contribution is -2.23. The molecule has 0 aliphatic carbocycles. The number of nitrogens with zero attached hydrogens (tertiary/aromatic N) is 1. The van der Waals surface area contributed by atoms with Crippen molar-refractivity contribution < 1.29 is 0 Å². The molecule has 0 atom stereocenters. The lowest BCUT2D eigenvalue weighted by Gasteiger charge is -2.07. The van der Waals surface area contributed by atoms with Gasteiger partial charge in [-0.05, 0) is 25.9 Å². The lowest BCUT2D eigenvalue weighted by molar-refractivity contribution is 0.561. The monoisotopic (exact) mass is 95.1 g/mol. The first kappa shape index (κ1) is 5.23. The van der Waals surface area contributed by atoms with Gasteiger partial charge in [-0.2, -0.15) is 0 Å². The van der Waals surface area contributed by atoms with E-state index in [1.807, 2.05) is 0 Å². The van der Waals surface area contributed by atoms with Gasteiger partial charge < -0.3 is 4.81 Å². The normalized spacial score (nSPS) is 22.9. The highest BCUT2D eigenvalue weighted by Crippen LogP contribution is 2.03. The van der Waals surface area contributed by atoms with Crippen molar-refractivity contribution in [1.29, 1.82) is 0 Å². The predicted octanol–water partition coefficient (Wildman–Crippen LogP) is -1.02. The molecule has 0 aromatic heterocycles. The van der Waals surface area contributed by atoms with Gasteiger partial charge in [0, 0.05) is 0 Å². The molecule has 0 radical (unpaired) electrons. The van der Waals surface area contributed by atoms with E-state index in [9.17, 15) is 0 Å². The second kappa shape index (κ2) is 2.41. The van der Waals surface area contributed by atoms with Crippen LogP contribution in [0.4, 0.5) is 0 Å². The Hall–Kier alpha value is 0.0899. The first-order valence-corrected chi connectivity index (χ1v) is 3.16. The van der Waals surface area contributed by atoms with Crippen LogP contribution >= 0.6 is 0 Å². The van der Waals surface area contributed by atoms with Gasteiger partial charge in [0.2, 0.25) is 0 Å². The highest BCUT2D eigenvalue weighted by atomic mass is 15.0. The van der Waals surface area contributed by atoms with Crippen LogP contribution in [0.25, 0.3) is 0 Å². The Kier molecular flexibility index (Phi) is 1.80. The average molecular weight is 94.8 g/mol. The summed E-state index contributed by atoms with van der Waals surface area (Å²) in [6, 6.07) is 0. The molecule has 1 heterocycles. The minimum atomic E-state index is 1.25. The Balaban J connectivity index is 2.14. The van der Waals surface area contributed by atoms with E-state index in [0.717, 1.165) is 0 Å². The Morgan fingerprint density at radius 3 is 2.14 bits per heavy atom. The molecule has 0 saturated carbocycles. The van der Waals surface area contributed by atoms with E-state index in [1.165, 1.54) is 33.2 Å². The van der Waals surface area contributed by atoms with E-state index in [4.69, 9.17) is 0 Å². The second-order valence-corrected chi connectivity index (χ2v) is 2.14. The molecule has 1 rings (SSSR count). The molecule has 1 saturated heterocycles. The van der Waals surface area contributed by atoms with Crippen LogP contribution in [0.3, 0.4) is 0 Å². The summed E-state index contributed by atoms with van der Waals surface area (Å²) >= 11 is 0. The fourth-order valence-corrected chi connectivity index (χ4v) is 1.10. The van der Waals surface area contributed by atoms with Crippen LogP contribution in [0.5, 0.6) is 0 Å². The highest BCUT2D eigenvalue weighted by molar-refractivity contribution is 6.87. The van der Waals surface area contributed by atoms with E-state index in [0.29, 0.717) is 0 Å². The topological polar surface area (TPSA) is 3.24 Å². The third kappa shape index (κ3) is 1.23. The zero-order valence-corrected chi connectivity index (χ0v) is 4.98. The van der Waals surface area contributed by atoms with Gasteiger partial charge >= 0.3 is 0 Å². The summed E-state index contributed by atoms with van der Waals surface area (Å²) in [6.45, 7) is 2.69. The molecule has 0 spiro atoms. The molecule has 0 aromatic carbocycles. The van der Waals surface area contributed by atoms with Gasteiger partial charge in [0.1, 0.15) is 0 Å². The van der Waals surface area contributed by atoms with Crippen molar-refractivity contribution >= 4 is 15.0 Å². The summed E-state index contributed by atoms with van der Waals surface area (Å²) in [4.78, 5) is 2.49. The van der Waals surface area contributed by atoms with Gasteiger partial charge in [-0.25, -0.2) is 0 Å². The maximum atomic E-state index is 2.49. The van der Waals surface area contributed by atoms with Crippen molar-refractivity contribution in [2.45, 2.75) is 12.8 Å². The number of rotatable bonds is 1. The molecule has 0 bridgehead atoms. The van der Waals surface area contributed by atoms with Gasteiger partial charge in [-0.15, -0.1) is 0 Å². The molecular formula is C4H11B2N. The molecule has 3 heteroatoms. The maximum absolute atomic E-state index is 2.49. The Labute approximate surface area is 46.7 Å². The van der Waals surface area contributed by atoms with E-state index in [2.05, 4.69) is 12.5 Å². The van der Waals surface area contributed by atoms with Gasteiger partial charge in [0.05, 0.1) is 7.74 Å². The summed E-state index contributed by atoms with van der Waals surface area (Å²) in [5, 5.41) is 0. The molecule has 1 nitrogen and oxygen atoms in total. The molecule has 1 aliphatic heterocycles. The van der Waals surface area contributed by atoms with Crippen molar-refractivity contribution in [1.82, 2.24) is 4.81 Å². The third-order valence-electron chi connectivity index (χ3n) is 1.65. The quantitative estimate of drug-likeness (QED) is 0.376. The van der Waals surface area contributed by atoms with Crippen LogP contribution in [0.15, 0.2) is 0 Å². The minimum absolute atomic E-state index is 1.25. The zero-order chi connectivity index (χ0) is 5.11. The van der Waals surface area contributed by atoms with Crippen LogP contribution in [0, 0.1) is 0 Å². The molecule has 7 heavy (non-hydrogen) atoms. The van der Waals surface area contributed by atoms with E-state index in [-0.39, 0.29) is 0 Å². The first-order chi connectivity index (χ1) is 3.43. The van der Waals surface area contributed by atoms with Gasteiger partial charge in [0.25, 0.3) is 0 Å². The summed E-state index contributed by atoms with van der Waals surface area (Å²) in [5.74, 6) is 0. The Morgan fingerprint density at radius 2 is 1.86 bits per heavy atom. The fraction of sp³-hybridized carbons (Fsp3) is 1.00. The molecule has 0 N–H and O–H groups in total. The molecule has 0 amide bonds. The second-order valence-electron chi connectivity index (χ2n) is 2.14. The van der Waals surface area contributed by atoms with Crippen molar-refractivity contribution in [2.24, 2.45) is 0 Å². The molecule has 1 fully saturated rings. The van der Waals surface area contributed by atoms with Crippen molar-refractivity contribution in [3.63, 3.8) is 0 Å². The van der Waals surface area contributed by atoms with Crippen molar-refractivity contribution in [3.05, 3.63) is 0 Å². The van der Waals surface area contributed by atoms with E-state index < -0.39 is 0 Å². The molecule has 0 aromatic rings. The number of hydrogen-bond donors (Lipinski definition) is 0. The van der Waals surface area contributed by atoms with Crippen LogP contribution < -0.4 is 0 Å².